The second-order valence-electron chi connectivity index (χ2n) is 6.97. The second kappa shape index (κ2) is 9.59. The molecule has 2 aromatic rings. The van der Waals surface area contributed by atoms with E-state index in [1.165, 1.54) is 10.6 Å². The molecule has 0 radical (unpaired) electrons. The lowest BCUT2D eigenvalue weighted by molar-refractivity contribution is 0.0949. The van der Waals surface area contributed by atoms with Gasteiger partial charge in [0.1, 0.15) is 5.75 Å². The monoisotopic (exact) mass is 404 g/mol. The van der Waals surface area contributed by atoms with E-state index in [0.29, 0.717) is 36.1 Å². The fourth-order valence-corrected chi connectivity index (χ4v) is 3.54. The number of ether oxygens (including phenoxy) is 1. The van der Waals surface area contributed by atoms with Crippen LogP contribution in [-0.4, -0.2) is 33.7 Å². The van der Waals surface area contributed by atoms with Crippen molar-refractivity contribution < 1.29 is 17.9 Å². The van der Waals surface area contributed by atoms with E-state index in [9.17, 15) is 13.2 Å². The molecule has 0 saturated carbocycles. The summed E-state index contributed by atoms with van der Waals surface area (Å²) in [6, 6.07) is 14.0. The minimum absolute atomic E-state index is 0.137. The Hall–Kier alpha value is -2.54. The van der Waals surface area contributed by atoms with Gasteiger partial charge in [-0.1, -0.05) is 38.1 Å². The molecule has 1 amide bonds. The summed E-state index contributed by atoms with van der Waals surface area (Å²) in [7, 11) is -3.53. The number of rotatable bonds is 9. The number of amides is 1. The summed E-state index contributed by atoms with van der Waals surface area (Å²) in [4.78, 5) is 12.1. The van der Waals surface area contributed by atoms with Crippen LogP contribution in [0.1, 0.15) is 36.7 Å². The van der Waals surface area contributed by atoms with Gasteiger partial charge in [-0.2, -0.15) is 0 Å². The van der Waals surface area contributed by atoms with Gasteiger partial charge in [-0.15, -0.1) is 0 Å². The van der Waals surface area contributed by atoms with Gasteiger partial charge in [-0.05, 0) is 42.7 Å². The molecule has 0 atom stereocenters. The maximum absolute atomic E-state index is 12.4. The zero-order valence-corrected chi connectivity index (χ0v) is 17.6. The van der Waals surface area contributed by atoms with Crippen LogP contribution in [0.5, 0.6) is 5.75 Å². The maximum atomic E-state index is 12.4. The second-order valence-corrected chi connectivity index (χ2v) is 8.88. The van der Waals surface area contributed by atoms with Crippen LogP contribution in [0.4, 0.5) is 5.69 Å². The van der Waals surface area contributed by atoms with Crippen molar-refractivity contribution in [2.24, 2.45) is 5.92 Å². The van der Waals surface area contributed by atoms with Crippen LogP contribution in [-0.2, 0) is 16.6 Å². The Labute approximate surface area is 167 Å². The topological polar surface area (TPSA) is 75.7 Å². The van der Waals surface area contributed by atoms with Crippen LogP contribution in [0.25, 0.3) is 0 Å². The molecule has 0 heterocycles. The molecule has 0 bridgehead atoms. The number of para-hydroxylation sites is 2. The van der Waals surface area contributed by atoms with Gasteiger partial charge in [0, 0.05) is 12.1 Å². The standard InChI is InChI=1S/C21H28N2O4S/c1-5-27-20-9-7-6-8-19(20)23(28(4,25)26)15-17-10-12-18(13-11-17)21(24)22-14-16(2)3/h6-13,16H,5,14-15H2,1-4H3,(H,22,24). The van der Waals surface area contributed by atoms with Gasteiger partial charge in [0.15, 0.2) is 0 Å². The molecule has 2 aromatic carbocycles. The van der Waals surface area contributed by atoms with E-state index in [-0.39, 0.29) is 12.5 Å². The third-order valence-corrected chi connectivity index (χ3v) is 5.17. The Kier molecular flexibility index (Phi) is 7.45. The van der Waals surface area contributed by atoms with Crippen LogP contribution in [0.2, 0.25) is 0 Å². The molecule has 0 aliphatic carbocycles. The molecule has 0 aromatic heterocycles. The molecule has 2 rings (SSSR count). The van der Waals surface area contributed by atoms with Crippen LogP contribution < -0.4 is 14.4 Å². The van der Waals surface area contributed by atoms with E-state index in [2.05, 4.69) is 5.32 Å². The first-order chi connectivity index (χ1) is 13.2. The number of nitrogens with zero attached hydrogens (tertiary/aromatic N) is 1. The van der Waals surface area contributed by atoms with Gasteiger partial charge in [0.2, 0.25) is 10.0 Å². The number of nitrogens with one attached hydrogen (secondary N) is 1. The highest BCUT2D eigenvalue weighted by molar-refractivity contribution is 7.92. The van der Waals surface area contributed by atoms with Crippen LogP contribution >= 0.6 is 0 Å². The van der Waals surface area contributed by atoms with Gasteiger partial charge in [0.05, 0.1) is 25.1 Å². The van der Waals surface area contributed by atoms with Crippen molar-refractivity contribution in [3.8, 4) is 5.75 Å². The van der Waals surface area contributed by atoms with Crippen molar-refractivity contribution in [2.75, 3.05) is 23.7 Å². The fourth-order valence-electron chi connectivity index (χ4n) is 2.65. The third kappa shape index (κ3) is 5.99. The first kappa shape index (κ1) is 21.8. The van der Waals surface area contributed by atoms with Gasteiger partial charge < -0.3 is 10.1 Å². The Bertz CT molecular complexity index is 893. The van der Waals surface area contributed by atoms with E-state index in [1.54, 1.807) is 48.5 Å². The van der Waals surface area contributed by atoms with Crippen molar-refractivity contribution >= 4 is 21.6 Å². The Morgan fingerprint density at radius 3 is 2.32 bits per heavy atom. The summed E-state index contributed by atoms with van der Waals surface area (Å²) < 4.78 is 31.7. The van der Waals surface area contributed by atoms with Crippen molar-refractivity contribution in [1.82, 2.24) is 5.32 Å². The zero-order valence-electron chi connectivity index (χ0n) is 16.8. The normalized spacial score (nSPS) is 11.3. The predicted octanol–water partition coefficient (Wildman–Crippen LogP) is 3.44. The lowest BCUT2D eigenvalue weighted by Crippen LogP contribution is -2.30. The zero-order chi connectivity index (χ0) is 20.7. The molecule has 0 saturated heterocycles. The number of anilines is 1. The first-order valence-electron chi connectivity index (χ1n) is 9.29. The molecule has 0 spiro atoms. The lowest BCUT2D eigenvalue weighted by Gasteiger charge is -2.24. The largest absolute Gasteiger partial charge is 0.492 e. The molecular formula is C21H28N2O4S. The number of benzene rings is 2. The highest BCUT2D eigenvalue weighted by Gasteiger charge is 2.21. The van der Waals surface area contributed by atoms with Gasteiger partial charge in [0.25, 0.3) is 5.91 Å². The number of carbonyl (C=O) groups excluding carboxylic acids is 1. The minimum Gasteiger partial charge on any atom is -0.492 e. The van der Waals surface area contributed by atoms with Crippen molar-refractivity contribution in [3.05, 3.63) is 59.7 Å². The summed E-state index contributed by atoms with van der Waals surface area (Å²) in [5.74, 6) is 0.749. The summed E-state index contributed by atoms with van der Waals surface area (Å²) in [5, 5.41) is 2.87. The van der Waals surface area contributed by atoms with E-state index in [1.807, 2.05) is 20.8 Å². The average molecular weight is 405 g/mol. The smallest absolute Gasteiger partial charge is 0.251 e. The van der Waals surface area contributed by atoms with Gasteiger partial charge in [-0.3, -0.25) is 9.10 Å². The Balaban J connectivity index is 2.24. The van der Waals surface area contributed by atoms with E-state index in [4.69, 9.17) is 4.74 Å². The first-order valence-corrected chi connectivity index (χ1v) is 11.1. The molecule has 0 aliphatic heterocycles. The summed E-state index contributed by atoms with van der Waals surface area (Å²) >= 11 is 0. The van der Waals surface area contributed by atoms with E-state index >= 15 is 0 Å². The number of sulfonamides is 1. The maximum Gasteiger partial charge on any atom is 0.251 e. The molecule has 6 nitrogen and oxygen atoms in total. The molecule has 0 aliphatic rings. The molecule has 152 valence electrons. The van der Waals surface area contributed by atoms with E-state index < -0.39 is 10.0 Å². The van der Waals surface area contributed by atoms with Gasteiger partial charge in [-0.25, -0.2) is 8.42 Å². The Morgan fingerprint density at radius 2 is 1.75 bits per heavy atom. The van der Waals surface area contributed by atoms with E-state index in [0.717, 1.165) is 5.56 Å². The fraction of sp³-hybridized carbons (Fsp3) is 0.381. The van der Waals surface area contributed by atoms with Crippen molar-refractivity contribution in [3.63, 3.8) is 0 Å². The van der Waals surface area contributed by atoms with Gasteiger partial charge >= 0.3 is 0 Å². The van der Waals surface area contributed by atoms with Crippen LogP contribution in [0.3, 0.4) is 0 Å². The van der Waals surface area contributed by atoms with Crippen molar-refractivity contribution in [2.45, 2.75) is 27.3 Å². The molecule has 7 heteroatoms. The third-order valence-electron chi connectivity index (χ3n) is 4.05. The highest BCUT2D eigenvalue weighted by Crippen LogP contribution is 2.31. The summed E-state index contributed by atoms with van der Waals surface area (Å²) in [5.41, 5.74) is 1.81. The lowest BCUT2D eigenvalue weighted by atomic mass is 10.1. The number of hydrogen-bond donors (Lipinski definition) is 1. The number of hydrogen-bond acceptors (Lipinski definition) is 4. The summed E-state index contributed by atoms with van der Waals surface area (Å²) in [6.07, 6.45) is 1.17. The molecule has 0 unspecified atom stereocenters. The molecule has 1 N–H and O–H groups in total. The molecular weight excluding hydrogens is 376 g/mol. The SMILES string of the molecule is CCOc1ccccc1N(Cc1ccc(C(=O)NCC(C)C)cc1)S(C)(=O)=O. The number of carbonyl (C=O) groups is 1. The van der Waals surface area contributed by atoms with Crippen molar-refractivity contribution in [1.29, 1.82) is 0 Å². The average Bonchev–Trinajstić information content (AvgIpc) is 2.64. The van der Waals surface area contributed by atoms with Crippen LogP contribution in [0.15, 0.2) is 48.5 Å². The Morgan fingerprint density at radius 1 is 1.11 bits per heavy atom. The van der Waals surface area contributed by atoms with Crippen LogP contribution in [0, 0.1) is 5.92 Å². The molecule has 0 fully saturated rings. The quantitative estimate of drug-likeness (QED) is 0.695. The minimum atomic E-state index is -3.53. The highest BCUT2D eigenvalue weighted by atomic mass is 32.2. The summed E-state index contributed by atoms with van der Waals surface area (Å²) in [6.45, 7) is 7.11. The predicted molar refractivity (Wildman–Crippen MR) is 112 cm³/mol. The molecule has 28 heavy (non-hydrogen) atoms.